The van der Waals surface area contributed by atoms with Gasteiger partial charge in [-0.3, -0.25) is 0 Å². The molecule has 0 saturated heterocycles. The van der Waals surface area contributed by atoms with Crippen LogP contribution in [0.1, 0.15) is 24.2 Å². The standard InChI is InChI=1S/C9H10F2O/c1-5-3-7(10)4-8(6(2)12)9(5)11/h3-4,6,12H,1-2H3. The third-order valence-corrected chi connectivity index (χ3v) is 1.70. The number of aryl methyl sites for hydroxylation is 1. The summed E-state index contributed by atoms with van der Waals surface area (Å²) in [4.78, 5) is 0. The van der Waals surface area contributed by atoms with E-state index in [0.717, 1.165) is 12.1 Å². The molecule has 0 spiro atoms. The maximum Gasteiger partial charge on any atom is 0.132 e. The van der Waals surface area contributed by atoms with Crippen molar-refractivity contribution in [2.45, 2.75) is 20.0 Å². The van der Waals surface area contributed by atoms with Crippen molar-refractivity contribution in [3.05, 3.63) is 34.9 Å². The lowest BCUT2D eigenvalue weighted by molar-refractivity contribution is 0.193. The maximum atomic E-state index is 13.1. The second-order valence-corrected chi connectivity index (χ2v) is 2.80. The summed E-state index contributed by atoms with van der Waals surface area (Å²) in [5, 5.41) is 9.05. The lowest BCUT2D eigenvalue weighted by atomic mass is 10.1. The van der Waals surface area contributed by atoms with Gasteiger partial charge in [-0.05, 0) is 31.5 Å². The number of benzene rings is 1. The quantitative estimate of drug-likeness (QED) is 0.689. The average molecular weight is 172 g/mol. The zero-order valence-electron chi connectivity index (χ0n) is 6.94. The van der Waals surface area contributed by atoms with Gasteiger partial charge in [-0.1, -0.05) is 0 Å². The number of halogens is 2. The number of aliphatic hydroxyl groups is 1. The zero-order chi connectivity index (χ0) is 9.30. The van der Waals surface area contributed by atoms with Crippen LogP contribution in [-0.2, 0) is 0 Å². The monoisotopic (exact) mass is 172 g/mol. The number of rotatable bonds is 1. The second-order valence-electron chi connectivity index (χ2n) is 2.80. The molecule has 0 bridgehead atoms. The van der Waals surface area contributed by atoms with Gasteiger partial charge >= 0.3 is 0 Å². The van der Waals surface area contributed by atoms with Crippen molar-refractivity contribution < 1.29 is 13.9 Å². The predicted molar refractivity (Wildman–Crippen MR) is 41.7 cm³/mol. The largest absolute Gasteiger partial charge is 0.389 e. The van der Waals surface area contributed by atoms with Crippen LogP contribution < -0.4 is 0 Å². The summed E-state index contributed by atoms with van der Waals surface area (Å²) in [6, 6.07) is 2.11. The molecule has 0 aliphatic heterocycles. The Morgan fingerprint density at radius 1 is 1.33 bits per heavy atom. The Morgan fingerprint density at radius 3 is 2.42 bits per heavy atom. The van der Waals surface area contributed by atoms with Crippen molar-refractivity contribution in [3.8, 4) is 0 Å². The van der Waals surface area contributed by atoms with Crippen LogP contribution in [0.2, 0.25) is 0 Å². The van der Waals surface area contributed by atoms with Gasteiger partial charge in [-0.25, -0.2) is 8.78 Å². The highest BCUT2D eigenvalue weighted by Gasteiger charge is 2.11. The molecule has 0 heterocycles. The van der Waals surface area contributed by atoms with Gasteiger partial charge < -0.3 is 5.11 Å². The first-order valence-corrected chi connectivity index (χ1v) is 3.66. The van der Waals surface area contributed by atoms with Crippen LogP contribution in [0.4, 0.5) is 8.78 Å². The number of hydrogen-bond acceptors (Lipinski definition) is 1. The molecule has 1 aromatic carbocycles. The van der Waals surface area contributed by atoms with Gasteiger partial charge in [0.25, 0.3) is 0 Å². The highest BCUT2D eigenvalue weighted by atomic mass is 19.1. The minimum atomic E-state index is -0.973. The van der Waals surface area contributed by atoms with E-state index in [1.54, 1.807) is 0 Å². The summed E-state index contributed by atoms with van der Waals surface area (Å²) in [6.07, 6.45) is -0.973. The van der Waals surface area contributed by atoms with Gasteiger partial charge in [0.1, 0.15) is 11.6 Å². The normalized spacial score (nSPS) is 13.1. The van der Waals surface area contributed by atoms with E-state index in [4.69, 9.17) is 5.11 Å². The third-order valence-electron chi connectivity index (χ3n) is 1.70. The molecule has 0 aliphatic rings. The van der Waals surface area contributed by atoms with Gasteiger partial charge in [0.15, 0.2) is 0 Å². The molecule has 0 saturated carbocycles. The second kappa shape index (κ2) is 3.19. The summed E-state index contributed by atoms with van der Waals surface area (Å²) < 4.78 is 25.8. The lowest BCUT2D eigenvalue weighted by Crippen LogP contribution is -1.99. The predicted octanol–water partition coefficient (Wildman–Crippen LogP) is 2.33. The highest BCUT2D eigenvalue weighted by molar-refractivity contribution is 5.27. The summed E-state index contributed by atoms with van der Waals surface area (Å²) >= 11 is 0. The Morgan fingerprint density at radius 2 is 1.92 bits per heavy atom. The van der Waals surface area contributed by atoms with E-state index in [1.165, 1.54) is 13.8 Å². The molecule has 1 aromatic rings. The molecule has 0 aromatic heterocycles. The molecule has 66 valence electrons. The third kappa shape index (κ3) is 1.61. The van der Waals surface area contributed by atoms with Gasteiger partial charge in [0, 0.05) is 5.56 Å². The van der Waals surface area contributed by atoms with Gasteiger partial charge in [0.05, 0.1) is 6.10 Å². The smallest absolute Gasteiger partial charge is 0.132 e. The average Bonchev–Trinajstić information content (AvgIpc) is 1.96. The van der Waals surface area contributed by atoms with Gasteiger partial charge in [0.2, 0.25) is 0 Å². The first-order valence-electron chi connectivity index (χ1n) is 3.66. The highest BCUT2D eigenvalue weighted by Crippen LogP contribution is 2.20. The van der Waals surface area contributed by atoms with Crippen LogP contribution in [0.3, 0.4) is 0 Å². The SMILES string of the molecule is Cc1cc(F)cc(C(C)O)c1F. The van der Waals surface area contributed by atoms with Crippen LogP contribution in [0.5, 0.6) is 0 Å². The number of aliphatic hydroxyl groups excluding tert-OH is 1. The number of hydrogen-bond donors (Lipinski definition) is 1. The fourth-order valence-corrected chi connectivity index (χ4v) is 1.06. The fraction of sp³-hybridized carbons (Fsp3) is 0.333. The van der Waals surface area contributed by atoms with Crippen LogP contribution in [0, 0.1) is 18.6 Å². The van der Waals surface area contributed by atoms with E-state index in [-0.39, 0.29) is 11.1 Å². The molecular formula is C9H10F2O. The van der Waals surface area contributed by atoms with Crippen molar-refractivity contribution in [1.82, 2.24) is 0 Å². The van der Waals surface area contributed by atoms with Crippen LogP contribution >= 0.6 is 0 Å². The minimum absolute atomic E-state index is 0.00694. The minimum Gasteiger partial charge on any atom is -0.389 e. The van der Waals surface area contributed by atoms with Crippen molar-refractivity contribution in [2.75, 3.05) is 0 Å². The summed E-state index contributed by atoms with van der Waals surface area (Å²) in [6.45, 7) is 2.86. The van der Waals surface area contributed by atoms with Crippen molar-refractivity contribution in [2.24, 2.45) is 0 Å². The van der Waals surface area contributed by atoms with Crippen molar-refractivity contribution in [1.29, 1.82) is 0 Å². The summed E-state index contributed by atoms with van der Waals surface area (Å²) in [7, 11) is 0. The molecule has 0 radical (unpaired) electrons. The molecule has 12 heavy (non-hydrogen) atoms. The zero-order valence-corrected chi connectivity index (χ0v) is 6.94. The molecule has 1 N–H and O–H groups in total. The molecule has 3 heteroatoms. The first-order chi connectivity index (χ1) is 5.52. The molecular weight excluding hydrogens is 162 g/mol. The summed E-state index contributed by atoms with van der Waals surface area (Å²) in [5.41, 5.74) is 0.221. The van der Waals surface area contributed by atoms with Crippen LogP contribution in [0.15, 0.2) is 12.1 Å². The Hall–Kier alpha value is -0.960. The molecule has 0 aliphatic carbocycles. The van der Waals surface area contributed by atoms with Gasteiger partial charge in [-0.15, -0.1) is 0 Å². The Kier molecular flexibility index (Phi) is 2.43. The van der Waals surface area contributed by atoms with E-state index in [9.17, 15) is 8.78 Å². The Bertz CT molecular complexity index is 295. The Balaban J connectivity index is 3.28. The molecule has 1 rings (SSSR count). The van der Waals surface area contributed by atoms with E-state index in [2.05, 4.69) is 0 Å². The molecule has 1 nitrogen and oxygen atoms in total. The molecule has 1 unspecified atom stereocenters. The topological polar surface area (TPSA) is 20.2 Å². The first kappa shape index (κ1) is 9.13. The Labute approximate surface area is 69.7 Å². The molecule has 1 atom stereocenters. The summed E-state index contributed by atoms with van der Waals surface area (Å²) in [5.74, 6) is -1.06. The van der Waals surface area contributed by atoms with Crippen LogP contribution in [0.25, 0.3) is 0 Å². The van der Waals surface area contributed by atoms with Crippen molar-refractivity contribution >= 4 is 0 Å². The van der Waals surface area contributed by atoms with Crippen molar-refractivity contribution in [3.63, 3.8) is 0 Å². The molecule has 0 fully saturated rings. The van der Waals surface area contributed by atoms with Gasteiger partial charge in [-0.2, -0.15) is 0 Å². The van der Waals surface area contributed by atoms with E-state index in [0.29, 0.717) is 0 Å². The lowest BCUT2D eigenvalue weighted by Gasteiger charge is -2.07. The van der Waals surface area contributed by atoms with E-state index >= 15 is 0 Å². The van der Waals surface area contributed by atoms with E-state index < -0.39 is 17.7 Å². The van der Waals surface area contributed by atoms with E-state index in [1.807, 2.05) is 0 Å². The van der Waals surface area contributed by atoms with Crippen LogP contribution in [-0.4, -0.2) is 5.11 Å². The maximum absolute atomic E-state index is 13.1. The fourth-order valence-electron chi connectivity index (χ4n) is 1.06. The molecule has 0 amide bonds.